The van der Waals surface area contributed by atoms with Crippen molar-refractivity contribution in [3.05, 3.63) is 0 Å². The highest BCUT2D eigenvalue weighted by molar-refractivity contribution is 5.66. The van der Waals surface area contributed by atoms with Gasteiger partial charge in [-0.05, 0) is 25.2 Å². The van der Waals surface area contributed by atoms with Gasteiger partial charge in [-0.3, -0.25) is 4.79 Å². The van der Waals surface area contributed by atoms with E-state index >= 15 is 0 Å². The first-order chi connectivity index (χ1) is 5.20. The third-order valence-electron chi connectivity index (χ3n) is 2.45. The number of hydrogen-bond donors (Lipinski definition) is 2. The van der Waals surface area contributed by atoms with E-state index in [0.29, 0.717) is 12.3 Å². The van der Waals surface area contributed by atoms with Crippen LogP contribution in [-0.4, -0.2) is 17.1 Å². The van der Waals surface area contributed by atoms with Crippen LogP contribution in [0.5, 0.6) is 0 Å². The topological polar surface area (TPSA) is 63.3 Å². The lowest BCUT2D eigenvalue weighted by molar-refractivity contribution is -0.137. The summed E-state index contributed by atoms with van der Waals surface area (Å²) in [6, 6.07) is 0.125. The second-order valence-electron chi connectivity index (χ2n) is 3.29. The molecule has 0 aliphatic heterocycles. The molecule has 1 fully saturated rings. The predicted molar refractivity (Wildman–Crippen MR) is 42.2 cm³/mol. The van der Waals surface area contributed by atoms with Crippen LogP contribution in [0, 0.1) is 5.92 Å². The summed E-state index contributed by atoms with van der Waals surface area (Å²) in [6.07, 6.45) is 4.52. The van der Waals surface area contributed by atoms with Gasteiger partial charge in [0.15, 0.2) is 0 Å². The monoisotopic (exact) mass is 157 g/mol. The number of nitrogens with two attached hydrogens (primary N) is 1. The second-order valence-corrected chi connectivity index (χ2v) is 3.29. The summed E-state index contributed by atoms with van der Waals surface area (Å²) in [5.41, 5.74) is 5.76. The molecule has 3 N–H and O–H groups in total. The first kappa shape index (κ1) is 8.53. The van der Waals surface area contributed by atoms with Crippen molar-refractivity contribution in [1.82, 2.24) is 0 Å². The van der Waals surface area contributed by atoms with Gasteiger partial charge in [0.25, 0.3) is 0 Å². The van der Waals surface area contributed by atoms with Crippen LogP contribution in [0.4, 0.5) is 0 Å². The SMILES string of the molecule is NC(CCC(=O)O)C1CCC1. The summed E-state index contributed by atoms with van der Waals surface area (Å²) in [5, 5.41) is 8.38. The molecule has 1 aliphatic carbocycles. The van der Waals surface area contributed by atoms with E-state index in [1.807, 2.05) is 0 Å². The number of carbonyl (C=O) groups is 1. The maximum Gasteiger partial charge on any atom is 0.303 e. The Morgan fingerprint density at radius 1 is 1.64 bits per heavy atom. The molecule has 0 aromatic rings. The molecule has 3 heteroatoms. The van der Waals surface area contributed by atoms with Crippen LogP contribution in [0.25, 0.3) is 0 Å². The van der Waals surface area contributed by atoms with Crippen LogP contribution in [-0.2, 0) is 4.79 Å². The van der Waals surface area contributed by atoms with Crippen molar-refractivity contribution < 1.29 is 9.90 Å². The minimum Gasteiger partial charge on any atom is -0.481 e. The molecule has 1 atom stereocenters. The van der Waals surface area contributed by atoms with Crippen LogP contribution >= 0.6 is 0 Å². The van der Waals surface area contributed by atoms with Crippen molar-refractivity contribution in [3.8, 4) is 0 Å². The van der Waals surface area contributed by atoms with Crippen molar-refractivity contribution in [2.75, 3.05) is 0 Å². The van der Waals surface area contributed by atoms with E-state index in [2.05, 4.69) is 0 Å². The normalized spacial score (nSPS) is 20.8. The molecule has 3 nitrogen and oxygen atoms in total. The molecule has 64 valence electrons. The van der Waals surface area contributed by atoms with Crippen molar-refractivity contribution in [2.24, 2.45) is 11.7 Å². The lowest BCUT2D eigenvalue weighted by Gasteiger charge is -2.30. The molecule has 1 unspecified atom stereocenters. The molecule has 0 aromatic carbocycles. The van der Waals surface area contributed by atoms with E-state index in [1.54, 1.807) is 0 Å². The van der Waals surface area contributed by atoms with Gasteiger partial charge in [-0.2, -0.15) is 0 Å². The quantitative estimate of drug-likeness (QED) is 0.639. The molecule has 0 heterocycles. The van der Waals surface area contributed by atoms with E-state index in [9.17, 15) is 4.79 Å². The Balaban J connectivity index is 2.09. The van der Waals surface area contributed by atoms with E-state index in [0.717, 1.165) is 0 Å². The summed E-state index contributed by atoms with van der Waals surface area (Å²) in [4.78, 5) is 10.2. The summed E-state index contributed by atoms with van der Waals surface area (Å²) in [5.74, 6) is -0.130. The summed E-state index contributed by atoms with van der Waals surface area (Å²) in [7, 11) is 0. The molecule has 11 heavy (non-hydrogen) atoms. The molecule has 1 aliphatic rings. The van der Waals surface area contributed by atoms with Gasteiger partial charge in [0.2, 0.25) is 0 Å². The fourth-order valence-electron chi connectivity index (χ4n) is 1.39. The molecule has 0 spiro atoms. The Kier molecular flexibility index (Phi) is 2.88. The third-order valence-corrected chi connectivity index (χ3v) is 2.45. The minimum atomic E-state index is -0.736. The summed E-state index contributed by atoms with van der Waals surface area (Å²) < 4.78 is 0. The van der Waals surface area contributed by atoms with E-state index in [4.69, 9.17) is 10.8 Å². The van der Waals surface area contributed by atoms with Crippen molar-refractivity contribution in [1.29, 1.82) is 0 Å². The highest BCUT2D eigenvalue weighted by Gasteiger charge is 2.24. The van der Waals surface area contributed by atoms with Crippen molar-refractivity contribution >= 4 is 5.97 Å². The Labute approximate surface area is 66.6 Å². The van der Waals surface area contributed by atoms with Gasteiger partial charge in [-0.15, -0.1) is 0 Å². The van der Waals surface area contributed by atoms with Crippen LogP contribution < -0.4 is 5.73 Å². The molecule has 0 bridgehead atoms. The Morgan fingerprint density at radius 3 is 2.64 bits per heavy atom. The molecule has 0 radical (unpaired) electrons. The van der Waals surface area contributed by atoms with E-state index in [-0.39, 0.29) is 12.5 Å². The maximum atomic E-state index is 10.2. The number of aliphatic carboxylic acids is 1. The predicted octanol–water partition coefficient (Wildman–Crippen LogP) is 0.979. The fourth-order valence-corrected chi connectivity index (χ4v) is 1.39. The van der Waals surface area contributed by atoms with Gasteiger partial charge in [-0.25, -0.2) is 0 Å². The molecule has 0 amide bonds. The zero-order chi connectivity index (χ0) is 8.27. The van der Waals surface area contributed by atoms with Crippen LogP contribution in [0.15, 0.2) is 0 Å². The van der Waals surface area contributed by atoms with Crippen LogP contribution in [0.3, 0.4) is 0 Å². The first-order valence-corrected chi connectivity index (χ1v) is 4.17. The van der Waals surface area contributed by atoms with E-state index in [1.165, 1.54) is 19.3 Å². The van der Waals surface area contributed by atoms with Gasteiger partial charge in [-0.1, -0.05) is 6.42 Å². The number of hydrogen-bond acceptors (Lipinski definition) is 2. The van der Waals surface area contributed by atoms with E-state index < -0.39 is 5.97 Å². The summed E-state index contributed by atoms with van der Waals surface area (Å²) >= 11 is 0. The number of carboxylic acids is 1. The molecular weight excluding hydrogens is 142 g/mol. The second kappa shape index (κ2) is 3.72. The zero-order valence-electron chi connectivity index (χ0n) is 6.62. The first-order valence-electron chi connectivity index (χ1n) is 4.17. The van der Waals surface area contributed by atoms with Gasteiger partial charge in [0, 0.05) is 12.5 Å². The highest BCUT2D eigenvalue weighted by atomic mass is 16.4. The zero-order valence-corrected chi connectivity index (χ0v) is 6.62. The molecule has 0 aromatic heterocycles. The van der Waals surface area contributed by atoms with Gasteiger partial charge in [0.1, 0.15) is 0 Å². The van der Waals surface area contributed by atoms with Crippen LogP contribution in [0.1, 0.15) is 32.1 Å². The average Bonchev–Trinajstić information content (AvgIpc) is 1.79. The largest absolute Gasteiger partial charge is 0.481 e. The fraction of sp³-hybridized carbons (Fsp3) is 0.875. The average molecular weight is 157 g/mol. The van der Waals surface area contributed by atoms with Gasteiger partial charge < -0.3 is 10.8 Å². The Hall–Kier alpha value is -0.570. The van der Waals surface area contributed by atoms with Crippen molar-refractivity contribution in [2.45, 2.75) is 38.1 Å². The molecule has 1 rings (SSSR count). The Morgan fingerprint density at radius 2 is 2.27 bits per heavy atom. The summed E-state index contributed by atoms with van der Waals surface area (Å²) in [6.45, 7) is 0. The third kappa shape index (κ3) is 2.50. The maximum absolute atomic E-state index is 10.2. The number of rotatable bonds is 4. The molecule has 0 saturated heterocycles. The highest BCUT2D eigenvalue weighted by Crippen LogP contribution is 2.30. The van der Waals surface area contributed by atoms with Gasteiger partial charge >= 0.3 is 5.97 Å². The standard InChI is InChI=1S/C8H15NO2/c9-7(4-5-8(10)11)6-2-1-3-6/h6-7H,1-5,9H2,(H,10,11). The number of carboxylic acid groups (broad SMARTS) is 1. The Bertz CT molecular complexity index is 143. The van der Waals surface area contributed by atoms with Gasteiger partial charge in [0.05, 0.1) is 0 Å². The molecular formula is C8H15NO2. The lowest BCUT2D eigenvalue weighted by Crippen LogP contribution is -2.34. The minimum absolute atomic E-state index is 0.125. The molecule has 1 saturated carbocycles. The van der Waals surface area contributed by atoms with Crippen LogP contribution in [0.2, 0.25) is 0 Å². The lowest BCUT2D eigenvalue weighted by atomic mass is 9.78. The smallest absolute Gasteiger partial charge is 0.303 e. The van der Waals surface area contributed by atoms with Crippen molar-refractivity contribution in [3.63, 3.8) is 0 Å².